The summed E-state index contributed by atoms with van der Waals surface area (Å²) in [6.45, 7) is 1.82. The van der Waals surface area contributed by atoms with Crippen LogP contribution in [-0.2, 0) is 17.2 Å². The number of aromatic nitrogens is 3. The van der Waals surface area contributed by atoms with Crippen molar-refractivity contribution in [2.45, 2.75) is 11.8 Å². The van der Waals surface area contributed by atoms with Gasteiger partial charge in [-0.2, -0.15) is 0 Å². The molecule has 134 valence electrons. The first-order valence-electron chi connectivity index (χ1n) is 7.75. The molecule has 4 aromatic rings. The molecule has 0 bridgehead atoms. The number of hydrogen-bond donors (Lipinski definition) is 0. The van der Waals surface area contributed by atoms with Crippen molar-refractivity contribution in [1.29, 1.82) is 0 Å². The van der Waals surface area contributed by atoms with Gasteiger partial charge in [0, 0.05) is 5.56 Å². The van der Waals surface area contributed by atoms with E-state index < -0.39 is 10.1 Å². The second-order valence-electron chi connectivity index (χ2n) is 5.67. The molecule has 0 aliphatic rings. The maximum atomic E-state index is 10.4. The molecule has 2 aromatic heterocycles. The Morgan fingerprint density at radius 2 is 1.73 bits per heavy atom. The Morgan fingerprint density at radius 1 is 1.08 bits per heavy atom. The summed E-state index contributed by atoms with van der Waals surface area (Å²) < 4.78 is 35.2. The fraction of sp³-hybridized carbons (Fsp3) is 0.111. The van der Waals surface area contributed by atoms with Gasteiger partial charge in [0.05, 0.1) is 11.9 Å². The van der Waals surface area contributed by atoms with Crippen LogP contribution in [0.2, 0.25) is 0 Å². The summed E-state index contributed by atoms with van der Waals surface area (Å²) in [5.41, 5.74) is 5.19. The number of imidazole rings is 1. The van der Waals surface area contributed by atoms with Crippen molar-refractivity contribution >= 4 is 26.4 Å². The van der Waals surface area contributed by atoms with Gasteiger partial charge in [0.25, 0.3) is 0 Å². The number of aryl methyl sites for hydroxylation is 2. The normalized spacial score (nSPS) is 11.2. The zero-order valence-electron chi connectivity index (χ0n) is 14.2. The maximum absolute atomic E-state index is 10.4. The number of rotatable bonds is 2. The summed E-state index contributed by atoms with van der Waals surface area (Å²) in [6.07, 6.45) is 2.06. The highest BCUT2D eigenvalue weighted by molar-refractivity contribution is 7.85. The Bertz CT molecular complexity index is 1120. The molecule has 4 rings (SSSR count). The van der Waals surface area contributed by atoms with Crippen molar-refractivity contribution in [1.82, 2.24) is 9.61 Å². The summed E-state index contributed by atoms with van der Waals surface area (Å²) in [7, 11) is -2.20. The molecule has 0 spiro atoms. The summed E-state index contributed by atoms with van der Waals surface area (Å²) in [5, 5.41) is 4.24. The highest BCUT2D eigenvalue weighted by Gasteiger charge is 2.17. The molecule has 2 aromatic carbocycles. The Kier molecular flexibility index (Phi) is 5.17. The molecule has 0 radical (unpaired) electrons. The van der Waals surface area contributed by atoms with Gasteiger partial charge in [0.15, 0.2) is 11.9 Å². The van der Waals surface area contributed by atoms with E-state index in [0.29, 0.717) is 0 Å². The quantitative estimate of drug-likeness (QED) is 0.391. The van der Waals surface area contributed by atoms with E-state index in [2.05, 4.69) is 47.2 Å². The lowest BCUT2D eigenvalue weighted by atomic mass is 10.2. The van der Waals surface area contributed by atoms with Crippen LogP contribution in [-0.4, -0.2) is 22.6 Å². The van der Waals surface area contributed by atoms with Crippen LogP contribution in [0.3, 0.4) is 0 Å². The van der Waals surface area contributed by atoms with Crippen LogP contribution in [0.4, 0.5) is 0 Å². The number of fused-ring (bicyclic) bond motifs is 1. The summed E-state index contributed by atoms with van der Waals surface area (Å²) in [4.78, 5) is 0.969. The molecule has 0 fully saturated rings. The molecule has 0 aliphatic heterocycles. The van der Waals surface area contributed by atoms with Gasteiger partial charge in [-0.3, -0.25) is 0 Å². The first kappa shape index (κ1) is 18.2. The minimum atomic E-state index is -4.27. The van der Waals surface area contributed by atoms with Crippen molar-refractivity contribution in [3.63, 3.8) is 0 Å². The molecule has 6 nitrogen and oxygen atoms in total. The van der Waals surface area contributed by atoms with Crippen LogP contribution >= 0.6 is 11.3 Å². The molecule has 0 aliphatic carbocycles. The molecule has 26 heavy (non-hydrogen) atoms. The zero-order chi connectivity index (χ0) is 18.7. The Morgan fingerprint density at radius 3 is 2.31 bits per heavy atom. The van der Waals surface area contributed by atoms with Crippen molar-refractivity contribution < 1.29 is 17.5 Å². The lowest BCUT2D eigenvalue weighted by Gasteiger charge is -2.05. The van der Waals surface area contributed by atoms with Gasteiger partial charge in [0.2, 0.25) is 0 Å². The molecule has 0 unspecified atom stereocenters. The lowest BCUT2D eigenvalue weighted by Crippen LogP contribution is -2.28. The van der Waals surface area contributed by atoms with Crippen molar-refractivity contribution in [3.05, 3.63) is 71.9 Å². The van der Waals surface area contributed by atoms with E-state index in [1.165, 1.54) is 23.4 Å². The molecule has 0 amide bonds. The predicted octanol–water partition coefficient (Wildman–Crippen LogP) is 2.79. The minimum Gasteiger partial charge on any atom is -0.744 e. The van der Waals surface area contributed by atoms with E-state index in [9.17, 15) is 13.0 Å². The van der Waals surface area contributed by atoms with Crippen LogP contribution in [0.5, 0.6) is 0 Å². The molecule has 2 heterocycles. The minimum absolute atomic E-state index is 0.178. The standard InChI is InChI=1S/C11H10N3S.C7H8O3S/c1-13-10(9-5-3-2-4-6-9)7-14-11(13)15-8-12-14;1-6-2-4-7(5-3-6)11(8,9)10/h2-8H,1H3;2-5H,1H3,(H,8,9,10)/q+1;/p-1. The first-order chi connectivity index (χ1) is 12.4. The fourth-order valence-electron chi connectivity index (χ4n) is 2.43. The Labute approximate surface area is 155 Å². The average Bonchev–Trinajstić information content (AvgIpc) is 3.19. The Hall–Kier alpha value is -2.55. The SMILES string of the molecule is C[n+]1c(-c2ccccc2)cn2ncsc21.Cc1ccc(S(=O)(=O)[O-])cc1. The van der Waals surface area contributed by atoms with Gasteiger partial charge >= 0.3 is 4.96 Å². The van der Waals surface area contributed by atoms with Gasteiger partial charge in [-0.15, -0.1) is 0 Å². The smallest absolute Gasteiger partial charge is 0.368 e. The summed E-state index contributed by atoms with van der Waals surface area (Å²) >= 11 is 1.64. The molecule has 8 heteroatoms. The topological polar surface area (TPSA) is 78.4 Å². The second-order valence-corrected chi connectivity index (χ2v) is 7.86. The lowest BCUT2D eigenvalue weighted by molar-refractivity contribution is -0.631. The van der Waals surface area contributed by atoms with Crippen molar-refractivity contribution in [3.8, 4) is 11.3 Å². The van der Waals surface area contributed by atoms with E-state index in [1.807, 2.05) is 23.0 Å². The highest BCUT2D eigenvalue weighted by Crippen LogP contribution is 2.17. The highest BCUT2D eigenvalue weighted by atomic mass is 32.2. The summed E-state index contributed by atoms with van der Waals surface area (Å²) in [5.74, 6) is 0. The van der Waals surface area contributed by atoms with Gasteiger partial charge in [-0.25, -0.2) is 13.0 Å². The van der Waals surface area contributed by atoms with Crippen molar-refractivity contribution in [2.24, 2.45) is 7.05 Å². The summed E-state index contributed by atoms with van der Waals surface area (Å²) in [6, 6.07) is 16.1. The van der Waals surface area contributed by atoms with Gasteiger partial charge in [0.1, 0.15) is 15.6 Å². The maximum Gasteiger partial charge on any atom is 0.368 e. The van der Waals surface area contributed by atoms with Crippen LogP contribution in [0.1, 0.15) is 5.56 Å². The van der Waals surface area contributed by atoms with E-state index in [1.54, 1.807) is 23.5 Å². The largest absolute Gasteiger partial charge is 0.744 e. The van der Waals surface area contributed by atoms with Gasteiger partial charge in [-0.05, 0) is 30.4 Å². The van der Waals surface area contributed by atoms with E-state index in [-0.39, 0.29) is 4.90 Å². The first-order valence-corrected chi connectivity index (χ1v) is 10.0. The molecular weight excluding hydrogens is 370 g/mol. The van der Waals surface area contributed by atoms with Gasteiger partial charge < -0.3 is 4.55 Å². The number of benzene rings is 2. The van der Waals surface area contributed by atoms with Crippen LogP contribution < -0.4 is 4.57 Å². The Balaban J connectivity index is 0.000000160. The van der Waals surface area contributed by atoms with Crippen molar-refractivity contribution in [2.75, 3.05) is 0 Å². The average molecular weight is 387 g/mol. The molecular formula is C18H17N3O3S2. The van der Waals surface area contributed by atoms with Crippen LogP contribution in [0, 0.1) is 6.92 Å². The third kappa shape index (κ3) is 3.98. The third-order valence-corrected chi connectivity index (χ3v) is 5.52. The van der Waals surface area contributed by atoms with Crippen LogP contribution in [0.25, 0.3) is 16.2 Å². The van der Waals surface area contributed by atoms with E-state index in [4.69, 9.17) is 0 Å². The molecule has 0 atom stereocenters. The third-order valence-electron chi connectivity index (χ3n) is 3.80. The number of nitrogens with zero attached hydrogens (tertiary/aromatic N) is 3. The fourth-order valence-corrected chi connectivity index (χ4v) is 3.61. The van der Waals surface area contributed by atoms with Gasteiger partial charge in [-0.1, -0.05) is 57.6 Å². The monoisotopic (exact) mass is 387 g/mol. The van der Waals surface area contributed by atoms with E-state index >= 15 is 0 Å². The molecule has 0 saturated carbocycles. The van der Waals surface area contributed by atoms with E-state index in [0.717, 1.165) is 10.5 Å². The molecule has 0 saturated heterocycles. The second kappa shape index (κ2) is 7.36. The zero-order valence-corrected chi connectivity index (χ0v) is 15.9. The van der Waals surface area contributed by atoms with Crippen LogP contribution in [0.15, 0.2) is 71.2 Å². The predicted molar refractivity (Wildman–Crippen MR) is 98.8 cm³/mol. The molecule has 0 N–H and O–H groups in total. The number of hydrogen-bond acceptors (Lipinski definition) is 5.